The summed E-state index contributed by atoms with van der Waals surface area (Å²) in [6, 6.07) is 0.0385. The second-order valence-electron chi connectivity index (χ2n) is 5.25. The average Bonchev–Trinajstić information content (AvgIpc) is 2.54. The molecule has 1 aliphatic heterocycles. The van der Waals surface area contributed by atoms with E-state index in [1.54, 1.807) is 21.0 Å². The maximum absolute atomic E-state index is 12.0. The molecule has 1 fully saturated rings. The van der Waals surface area contributed by atoms with Crippen molar-refractivity contribution in [3.63, 3.8) is 0 Å². The van der Waals surface area contributed by atoms with Crippen LogP contribution in [0, 0.1) is 0 Å². The van der Waals surface area contributed by atoms with Crippen LogP contribution in [0.5, 0.6) is 0 Å². The molecule has 1 aromatic rings. The van der Waals surface area contributed by atoms with Gasteiger partial charge in [0.05, 0.1) is 5.75 Å². The Morgan fingerprint density at radius 3 is 2.59 bits per heavy atom. The lowest BCUT2D eigenvalue weighted by molar-refractivity contribution is 0.312. The summed E-state index contributed by atoms with van der Waals surface area (Å²) >= 11 is 6.08. The van der Waals surface area contributed by atoms with Crippen LogP contribution in [0.15, 0.2) is 6.33 Å². The number of piperidine rings is 1. The molecule has 9 heteroatoms. The van der Waals surface area contributed by atoms with E-state index in [4.69, 9.17) is 11.6 Å². The quantitative estimate of drug-likeness (QED) is 0.812. The van der Waals surface area contributed by atoms with Crippen molar-refractivity contribution in [3.8, 4) is 0 Å². The van der Waals surface area contributed by atoms with Crippen LogP contribution in [-0.2, 0) is 10.0 Å². The van der Waals surface area contributed by atoms with Gasteiger partial charge in [0.25, 0.3) is 0 Å². The smallest absolute Gasteiger partial charge is 0.213 e. The van der Waals surface area contributed by atoms with Crippen LogP contribution in [0.2, 0.25) is 5.15 Å². The number of halogens is 1. The Morgan fingerprint density at radius 1 is 1.41 bits per heavy atom. The number of hydrogen-bond acceptors (Lipinski definition) is 6. The first-order valence-corrected chi connectivity index (χ1v) is 9.28. The van der Waals surface area contributed by atoms with E-state index in [1.165, 1.54) is 10.6 Å². The fraction of sp³-hybridized carbons (Fsp3) is 0.692. The van der Waals surface area contributed by atoms with Gasteiger partial charge in [-0.25, -0.2) is 22.7 Å². The molecule has 1 aromatic heterocycles. The third kappa shape index (κ3) is 3.44. The Labute approximate surface area is 136 Å². The Hall–Kier alpha value is -1.12. The van der Waals surface area contributed by atoms with E-state index in [-0.39, 0.29) is 11.8 Å². The second kappa shape index (κ2) is 6.97. The van der Waals surface area contributed by atoms with E-state index in [0.29, 0.717) is 10.8 Å². The van der Waals surface area contributed by atoms with Crippen LogP contribution in [-0.4, -0.2) is 61.7 Å². The van der Waals surface area contributed by atoms with Crippen molar-refractivity contribution >= 4 is 33.1 Å². The standard InChI is InChI=1S/C13H22ClN5O2S/c1-4-22(20,21)18(3)10-5-7-19(8-6-10)13-11(15-2)12(14)16-9-17-13/h9-10,15H,4-8H2,1-3H3. The molecule has 0 spiro atoms. The van der Waals surface area contributed by atoms with Crippen molar-refractivity contribution in [3.05, 3.63) is 11.5 Å². The lowest BCUT2D eigenvalue weighted by atomic mass is 10.1. The third-order valence-corrected chi connectivity index (χ3v) is 6.30. The molecule has 7 nitrogen and oxygen atoms in total. The number of rotatable bonds is 5. The molecular weight excluding hydrogens is 326 g/mol. The van der Waals surface area contributed by atoms with Crippen molar-refractivity contribution in [2.24, 2.45) is 0 Å². The molecule has 124 valence electrons. The van der Waals surface area contributed by atoms with Crippen LogP contribution in [0.3, 0.4) is 0 Å². The lowest BCUT2D eigenvalue weighted by Gasteiger charge is -2.37. The van der Waals surface area contributed by atoms with E-state index < -0.39 is 10.0 Å². The highest BCUT2D eigenvalue weighted by Gasteiger charge is 2.29. The molecule has 0 radical (unpaired) electrons. The van der Waals surface area contributed by atoms with Crippen LogP contribution >= 0.6 is 11.6 Å². The highest BCUT2D eigenvalue weighted by atomic mass is 35.5. The van der Waals surface area contributed by atoms with Gasteiger partial charge in [-0.15, -0.1) is 0 Å². The molecule has 22 heavy (non-hydrogen) atoms. The molecule has 0 amide bonds. The van der Waals surface area contributed by atoms with Crippen molar-refractivity contribution in [2.75, 3.05) is 43.2 Å². The fourth-order valence-corrected chi connectivity index (χ4v) is 3.98. The third-order valence-electron chi connectivity index (χ3n) is 4.11. The zero-order chi connectivity index (χ0) is 16.3. The van der Waals surface area contributed by atoms with E-state index in [0.717, 1.165) is 31.7 Å². The molecule has 2 rings (SSSR count). The first-order valence-electron chi connectivity index (χ1n) is 7.29. The molecule has 0 saturated carbocycles. The van der Waals surface area contributed by atoms with E-state index >= 15 is 0 Å². The minimum Gasteiger partial charge on any atom is -0.383 e. The topological polar surface area (TPSA) is 78.4 Å². The first-order chi connectivity index (χ1) is 10.4. The van der Waals surface area contributed by atoms with Crippen LogP contribution in [0.4, 0.5) is 11.5 Å². The fourth-order valence-electron chi connectivity index (χ4n) is 2.68. The van der Waals surface area contributed by atoms with Gasteiger partial charge in [0.2, 0.25) is 10.0 Å². The van der Waals surface area contributed by atoms with Gasteiger partial charge in [0.1, 0.15) is 12.0 Å². The summed E-state index contributed by atoms with van der Waals surface area (Å²) in [6.45, 7) is 3.13. The highest BCUT2D eigenvalue weighted by molar-refractivity contribution is 7.89. The van der Waals surface area contributed by atoms with Gasteiger partial charge < -0.3 is 10.2 Å². The van der Waals surface area contributed by atoms with Gasteiger partial charge in [-0.05, 0) is 19.8 Å². The lowest BCUT2D eigenvalue weighted by Crippen LogP contribution is -2.46. The summed E-state index contributed by atoms with van der Waals surface area (Å²) in [7, 11) is 0.303. The molecule has 1 aliphatic rings. The van der Waals surface area contributed by atoms with E-state index in [2.05, 4.69) is 20.2 Å². The van der Waals surface area contributed by atoms with Crippen molar-refractivity contribution in [1.29, 1.82) is 0 Å². The Morgan fingerprint density at radius 2 is 2.05 bits per heavy atom. The van der Waals surface area contributed by atoms with Gasteiger partial charge in [-0.3, -0.25) is 0 Å². The maximum atomic E-state index is 12.0. The molecule has 1 saturated heterocycles. The predicted octanol–water partition coefficient (Wildman–Crippen LogP) is 1.42. The molecule has 0 unspecified atom stereocenters. The van der Waals surface area contributed by atoms with E-state index in [9.17, 15) is 8.42 Å². The largest absolute Gasteiger partial charge is 0.383 e. The number of sulfonamides is 1. The number of aromatic nitrogens is 2. The van der Waals surface area contributed by atoms with Crippen LogP contribution < -0.4 is 10.2 Å². The molecule has 0 bridgehead atoms. The van der Waals surface area contributed by atoms with Crippen molar-refractivity contribution in [1.82, 2.24) is 14.3 Å². The molecule has 1 N–H and O–H groups in total. The summed E-state index contributed by atoms with van der Waals surface area (Å²) in [6.07, 6.45) is 2.97. The molecule has 0 aliphatic carbocycles. The molecule has 0 aromatic carbocycles. The van der Waals surface area contributed by atoms with Crippen molar-refractivity contribution in [2.45, 2.75) is 25.8 Å². The molecule has 0 atom stereocenters. The highest BCUT2D eigenvalue weighted by Crippen LogP contribution is 2.31. The summed E-state index contributed by atoms with van der Waals surface area (Å²) in [5.74, 6) is 0.900. The van der Waals surface area contributed by atoms with Gasteiger partial charge in [-0.2, -0.15) is 0 Å². The first kappa shape index (κ1) is 17.2. The SMILES string of the molecule is CCS(=O)(=O)N(C)C1CCN(c2ncnc(Cl)c2NC)CC1. The Kier molecular flexibility index (Phi) is 5.46. The zero-order valence-electron chi connectivity index (χ0n) is 13.1. The molecule has 2 heterocycles. The number of hydrogen-bond donors (Lipinski definition) is 1. The van der Waals surface area contributed by atoms with Gasteiger partial charge >= 0.3 is 0 Å². The normalized spacial score (nSPS) is 17.0. The number of nitrogens with one attached hydrogen (secondary N) is 1. The number of nitrogens with zero attached hydrogens (tertiary/aromatic N) is 4. The minimum atomic E-state index is -3.14. The summed E-state index contributed by atoms with van der Waals surface area (Å²) in [4.78, 5) is 10.4. The van der Waals surface area contributed by atoms with Crippen LogP contribution in [0.25, 0.3) is 0 Å². The van der Waals surface area contributed by atoms with Crippen molar-refractivity contribution < 1.29 is 8.42 Å². The maximum Gasteiger partial charge on any atom is 0.213 e. The number of anilines is 2. The predicted molar refractivity (Wildman–Crippen MR) is 89.0 cm³/mol. The second-order valence-corrected chi connectivity index (χ2v) is 7.92. The minimum absolute atomic E-state index is 0.0385. The Balaban J connectivity index is 2.09. The van der Waals surface area contributed by atoms with Gasteiger partial charge in [0, 0.05) is 33.2 Å². The summed E-state index contributed by atoms with van der Waals surface area (Å²) < 4.78 is 25.4. The van der Waals surface area contributed by atoms with Gasteiger partial charge in [-0.1, -0.05) is 11.6 Å². The Bertz CT molecular complexity index is 617. The molecular formula is C13H22ClN5O2S. The van der Waals surface area contributed by atoms with Crippen LogP contribution in [0.1, 0.15) is 19.8 Å². The van der Waals surface area contributed by atoms with Gasteiger partial charge in [0.15, 0.2) is 11.0 Å². The van der Waals surface area contributed by atoms with E-state index in [1.807, 2.05) is 0 Å². The summed E-state index contributed by atoms with van der Waals surface area (Å²) in [5, 5.41) is 3.41. The summed E-state index contributed by atoms with van der Waals surface area (Å²) in [5.41, 5.74) is 0.706. The monoisotopic (exact) mass is 347 g/mol. The zero-order valence-corrected chi connectivity index (χ0v) is 14.7. The average molecular weight is 348 g/mol.